The Kier molecular flexibility index (Phi) is 1.88. The second-order valence-corrected chi connectivity index (χ2v) is 2.81. The highest BCUT2D eigenvalue weighted by Gasteiger charge is 2.29. The maximum atomic E-state index is 5.49. The van der Waals surface area contributed by atoms with Gasteiger partial charge in [-0.2, -0.15) is 0 Å². The molecular weight excluding hydrogens is 130 g/mol. The smallest absolute Gasteiger partial charge is 0.0962 e. The van der Waals surface area contributed by atoms with Gasteiger partial charge in [0.15, 0.2) is 0 Å². The van der Waals surface area contributed by atoms with E-state index in [-0.39, 0.29) is 0 Å². The van der Waals surface area contributed by atoms with E-state index < -0.39 is 0 Å². The fourth-order valence-electron chi connectivity index (χ4n) is 1.37. The van der Waals surface area contributed by atoms with Gasteiger partial charge in [-0.15, -0.1) is 0 Å². The van der Waals surface area contributed by atoms with Crippen LogP contribution in [0.25, 0.3) is 0 Å². The Morgan fingerprint density at radius 3 is 2.40 bits per heavy atom. The molecule has 0 amide bonds. The summed E-state index contributed by atoms with van der Waals surface area (Å²) in [7, 11) is 0. The molecule has 2 atom stereocenters. The van der Waals surface area contributed by atoms with E-state index in [0.717, 1.165) is 26.3 Å². The third-order valence-electron chi connectivity index (χ3n) is 2.11. The van der Waals surface area contributed by atoms with Gasteiger partial charge in [-0.25, -0.2) is 0 Å². The van der Waals surface area contributed by atoms with Crippen molar-refractivity contribution in [3.05, 3.63) is 0 Å². The number of hydrogen-bond acceptors (Lipinski definition) is 3. The van der Waals surface area contributed by atoms with Gasteiger partial charge < -0.3 is 14.8 Å². The van der Waals surface area contributed by atoms with Crippen LogP contribution in [0.15, 0.2) is 0 Å². The molecule has 0 radical (unpaired) electrons. The number of ether oxygens (including phenoxy) is 2. The summed E-state index contributed by atoms with van der Waals surface area (Å²) in [5, 5.41) is 3.28. The lowest BCUT2D eigenvalue weighted by Gasteiger charge is -2.36. The molecule has 2 rings (SSSR count). The quantitative estimate of drug-likeness (QED) is 0.549. The van der Waals surface area contributed by atoms with Crippen molar-refractivity contribution in [2.75, 3.05) is 26.3 Å². The zero-order valence-electron chi connectivity index (χ0n) is 6.01. The van der Waals surface area contributed by atoms with Gasteiger partial charge in [-0.05, 0) is 6.42 Å². The van der Waals surface area contributed by atoms with Crippen LogP contribution in [0.1, 0.15) is 6.42 Å². The Morgan fingerprint density at radius 2 is 1.90 bits per heavy atom. The Morgan fingerprint density at radius 1 is 1.10 bits per heavy atom. The summed E-state index contributed by atoms with van der Waals surface area (Å²) in [5.74, 6) is 0. The van der Waals surface area contributed by atoms with Crippen molar-refractivity contribution in [2.45, 2.75) is 18.6 Å². The summed E-state index contributed by atoms with van der Waals surface area (Å²) in [6.07, 6.45) is 1.88. The van der Waals surface area contributed by atoms with Crippen molar-refractivity contribution < 1.29 is 9.47 Å². The lowest BCUT2D eigenvalue weighted by molar-refractivity contribution is -0.143. The molecule has 0 saturated carbocycles. The van der Waals surface area contributed by atoms with Crippen molar-refractivity contribution in [1.29, 1.82) is 0 Å². The lowest BCUT2D eigenvalue weighted by atomic mass is 10.1. The van der Waals surface area contributed by atoms with Gasteiger partial charge >= 0.3 is 0 Å². The zero-order chi connectivity index (χ0) is 6.81. The predicted octanol–water partition coefficient (Wildman–Crippen LogP) is -0.236. The molecule has 58 valence electrons. The predicted molar refractivity (Wildman–Crippen MR) is 37.0 cm³/mol. The van der Waals surface area contributed by atoms with E-state index in [4.69, 9.17) is 9.47 Å². The number of nitrogens with one attached hydrogen (secondary N) is 1. The Labute approximate surface area is 60.7 Å². The first-order valence-corrected chi connectivity index (χ1v) is 3.91. The topological polar surface area (TPSA) is 30.5 Å². The average molecular weight is 143 g/mol. The largest absolute Gasteiger partial charge is 0.375 e. The highest BCUT2D eigenvalue weighted by atomic mass is 16.6. The molecule has 2 fully saturated rings. The molecule has 3 nitrogen and oxygen atoms in total. The van der Waals surface area contributed by atoms with E-state index in [1.807, 2.05) is 0 Å². The fourth-order valence-corrected chi connectivity index (χ4v) is 1.37. The standard InChI is InChI=1S/C7H13NO2/c1-3-9-6(1)7-5-8-2-4-10-7/h6-8H,1-5H2/t6-,7-/m0/s1. The zero-order valence-corrected chi connectivity index (χ0v) is 6.01. The van der Waals surface area contributed by atoms with Gasteiger partial charge in [0, 0.05) is 19.7 Å². The first-order chi connectivity index (χ1) is 4.97. The SMILES string of the molecule is C1CO[C@H]([C@@H]2CCO2)CN1. The second kappa shape index (κ2) is 2.86. The van der Waals surface area contributed by atoms with Crippen molar-refractivity contribution in [3.8, 4) is 0 Å². The van der Waals surface area contributed by atoms with E-state index in [0.29, 0.717) is 12.2 Å². The summed E-state index contributed by atoms with van der Waals surface area (Å²) >= 11 is 0. The molecular formula is C7H13NO2. The van der Waals surface area contributed by atoms with Crippen LogP contribution in [0, 0.1) is 0 Å². The van der Waals surface area contributed by atoms with Gasteiger partial charge in [0.2, 0.25) is 0 Å². The third-order valence-corrected chi connectivity index (χ3v) is 2.11. The Hall–Kier alpha value is -0.120. The van der Waals surface area contributed by atoms with Crippen LogP contribution in [0.2, 0.25) is 0 Å². The normalized spacial score (nSPS) is 40.8. The molecule has 0 bridgehead atoms. The molecule has 2 saturated heterocycles. The van der Waals surface area contributed by atoms with E-state index in [9.17, 15) is 0 Å². The molecule has 3 heteroatoms. The summed E-state index contributed by atoms with van der Waals surface area (Å²) in [5.41, 5.74) is 0. The van der Waals surface area contributed by atoms with E-state index in [2.05, 4.69) is 5.32 Å². The number of hydrogen-bond donors (Lipinski definition) is 1. The van der Waals surface area contributed by atoms with Gasteiger partial charge in [0.1, 0.15) is 0 Å². The van der Waals surface area contributed by atoms with Crippen molar-refractivity contribution in [2.24, 2.45) is 0 Å². The minimum atomic E-state index is 0.322. The first kappa shape index (κ1) is 6.58. The van der Waals surface area contributed by atoms with Crippen molar-refractivity contribution in [1.82, 2.24) is 5.32 Å². The molecule has 0 aliphatic carbocycles. The lowest BCUT2D eigenvalue weighted by Crippen LogP contribution is -2.49. The molecule has 10 heavy (non-hydrogen) atoms. The minimum Gasteiger partial charge on any atom is -0.375 e. The van der Waals surface area contributed by atoms with Crippen LogP contribution < -0.4 is 5.32 Å². The van der Waals surface area contributed by atoms with Gasteiger partial charge in [0.05, 0.1) is 18.8 Å². The maximum Gasteiger partial charge on any atom is 0.0962 e. The third kappa shape index (κ3) is 1.17. The maximum absolute atomic E-state index is 5.49. The monoisotopic (exact) mass is 143 g/mol. The first-order valence-electron chi connectivity index (χ1n) is 3.91. The highest BCUT2D eigenvalue weighted by Crippen LogP contribution is 2.18. The van der Waals surface area contributed by atoms with Crippen LogP contribution in [0.5, 0.6) is 0 Å². The molecule has 1 N–H and O–H groups in total. The van der Waals surface area contributed by atoms with Crippen LogP contribution in [0.4, 0.5) is 0 Å². The molecule has 0 aromatic heterocycles. The van der Waals surface area contributed by atoms with Crippen LogP contribution in [-0.2, 0) is 9.47 Å². The van der Waals surface area contributed by atoms with E-state index >= 15 is 0 Å². The summed E-state index contributed by atoms with van der Waals surface area (Å²) in [4.78, 5) is 0. The van der Waals surface area contributed by atoms with Crippen LogP contribution >= 0.6 is 0 Å². The molecule has 2 heterocycles. The Balaban J connectivity index is 1.78. The fraction of sp³-hybridized carbons (Fsp3) is 1.00. The molecule has 0 aromatic rings. The number of morpholine rings is 1. The minimum absolute atomic E-state index is 0.322. The van der Waals surface area contributed by atoms with E-state index in [1.165, 1.54) is 6.42 Å². The number of rotatable bonds is 1. The van der Waals surface area contributed by atoms with Crippen LogP contribution in [-0.4, -0.2) is 38.5 Å². The molecule has 2 aliphatic heterocycles. The summed E-state index contributed by atoms with van der Waals surface area (Å²) < 4.78 is 10.8. The van der Waals surface area contributed by atoms with Gasteiger partial charge in [-0.1, -0.05) is 0 Å². The Bertz CT molecular complexity index is 108. The molecule has 2 aliphatic rings. The molecule has 0 unspecified atom stereocenters. The van der Waals surface area contributed by atoms with E-state index in [1.54, 1.807) is 0 Å². The van der Waals surface area contributed by atoms with Crippen molar-refractivity contribution >= 4 is 0 Å². The van der Waals surface area contributed by atoms with Gasteiger partial charge in [-0.3, -0.25) is 0 Å². The highest BCUT2D eigenvalue weighted by molar-refractivity contribution is 4.80. The van der Waals surface area contributed by atoms with Crippen LogP contribution in [0.3, 0.4) is 0 Å². The average Bonchev–Trinajstić information content (AvgIpc) is 1.86. The van der Waals surface area contributed by atoms with Crippen molar-refractivity contribution in [3.63, 3.8) is 0 Å². The summed E-state index contributed by atoms with van der Waals surface area (Å²) in [6, 6.07) is 0. The molecule has 0 spiro atoms. The summed E-state index contributed by atoms with van der Waals surface area (Å²) in [6.45, 7) is 3.71. The molecule has 0 aromatic carbocycles. The second-order valence-electron chi connectivity index (χ2n) is 2.81. The van der Waals surface area contributed by atoms with Gasteiger partial charge in [0.25, 0.3) is 0 Å².